The number of nitrogens with zero attached hydrogens (tertiary/aromatic N) is 5. The van der Waals surface area contributed by atoms with Crippen molar-refractivity contribution in [1.29, 1.82) is 0 Å². The number of hydrogen-bond donors (Lipinski definition) is 0. The van der Waals surface area contributed by atoms with Crippen molar-refractivity contribution in [2.24, 2.45) is 5.92 Å². The van der Waals surface area contributed by atoms with Gasteiger partial charge in [-0.2, -0.15) is 15.9 Å². The Morgan fingerprint density at radius 3 is 2.55 bits per heavy atom. The molecule has 1 fully saturated rings. The molecule has 5 rings (SSSR count). The van der Waals surface area contributed by atoms with Crippen LogP contribution in [0.5, 0.6) is 0 Å². The van der Waals surface area contributed by atoms with Gasteiger partial charge in [-0.05, 0) is 60.7 Å². The number of hydrogen-bond acceptors (Lipinski definition) is 6. The highest BCUT2D eigenvalue weighted by Gasteiger charge is 2.27. The SMILES string of the molecule is O=C(c1ccc(F)cc1)C1CCN(c2ccc3nnc(-c4ccsc4)n3n2)CC1. The maximum absolute atomic E-state index is 13.1. The average Bonchev–Trinajstić information content (AvgIpc) is 3.43. The Hall–Kier alpha value is -3.13. The molecule has 0 spiro atoms. The van der Waals surface area contributed by atoms with E-state index in [-0.39, 0.29) is 17.5 Å². The summed E-state index contributed by atoms with van der Waals surface area (Å²) in [5.41, 5.74) is 2.28. The third-order valence-electron chi connectivity index (χ3n) is 5.35. The summed E-state index contributed by atoms with van der Waals surface area (Å²) in [6.45, 7) is 1.48. The van der Waals surface area contributed by atoms with E-state index in [9.17, 15) is 9.18 Å². The van der Waals surface area contributed by atoms with Crippen molar-refractivity contribution in [2.75, 3.05) is 18.0 Å². The fraction of sp³-hybridized carbons (Fsp3) is 0.238. The number of carbonyl (C=O) groups excluding carboxylic acids is 1. The minimum Gasteiger partial charge on any atom is -0.355 e. The van der Waals surface area contributed by atoms with Gasteiger partial charge < -0.3 is 4.90 Å². The molecule has 3 aromatic heterocycles. The Morgan fingerprint density at radius 1 is 1.03 bits per heavy atom. The molecular weight excluding hydrogens is 389 g/mol. The van der Waals surface area contributed by atoms with E-state index in [1.807, 2.05) is 29.0 Å². The molecule has 0 bridgehead atoms. The lowest BCUT2D eigenvalue weighted by Crippen LogP contribution is -2.37. The van der Waals surface area contributed by atoms with Gasteiger partial charge in [0.25, 0.3) is 0 Å². The summed E-state index contributed by atoms with van der Waals surface area (Å²) < 4.78 is 14.9. The number of benzene rings is 1. The van der Waals surface area contributed by atoms with Gasteiger partial charge in [-0.25, -0.2) is 4.39 Å². The summed E-state index contributed by atoms with van der Waals surface area (Å²) in [6.07, 6.45) is 1.49. The Bertz CT molecular complexity index is 1150. The fourth-order valence-corrected chi connectivity index (χ4v) is 4.37. The molecule has 0 atom stereocenters. The molecule has 1 saturated heterocycles. The van der Waals surface area contributed by atoms with E-state index in [4.69, 9.17) is 5.10 Å². The minimum atomic E-state index is -0.325. The predicted octanol–water partition coefficient (Wildman–Crippen LogP) is 4.09. The summed E-state index contributed by atoms with van der Waals surface area (Å²) in [5, 5.41) is 17.2. The smallest absolute Gasteiger partial charge is 0.186 e. The number of carbonyl (C=O) groups is 1. The lowest BCUT2D eigenvalue weighted by molar-refractivity contribution is 0.0900. The van der Waals surface area contributed by atoms with Crippen LogP contribution in [0.25, 0.3) is 17.0 Å². The monoisotopic (exact) mass is 407 g/mol. The lowest BCUT2D eigenvalue weighted by Gasteiger charge is -2.32. The van der Waals surface area contributed by atoms with Crippen molar-refractivity contribution in [2.45, 2.75) is 12.8 Å². The van der Waals surface area contributed by atoms with Crippen LogP contribution in [0, 0.1) is 11.7 Å². The number of fused-ring (bicyclic) bond motifs is 1. The van der Waals surface area contributed by atoms with Gasteiger partial charge in [-0.3, -0.25) is 4.79 Å². The molecule has 4 aromatic rings. The molecule has 1 aliphatic rings. The number of aromatic nitrogens is 4. The van der Waals surface area contributed by atoms with Gasteiger partial charge in [0.2, 0.25) is 0 Å². The highest BCUT2D eigenvalue weighted by atomic mass is 32.1. The first-order valence-corrected chi connectivity index (χ1v) is 10.4. The van der Waals surface area contributed by atoms with Gasteiger partial charge in [0, 0.05) is 35.5 Å². The number of thiophene rings is 1. The molecule has 1 aromatic carbocycles. The second-order valence-corrected chi connectivity index (χ2v) is 7.91. The maximum atomic E-state index is 13.1. The zero-order chi connectivity index (χ0) is 19.8. The summed E-state index contributed by atoms with van der Waals surface area (Å²) in [7, 11) is 0. The molecule has 8 heteroatoms. The number of ketones is 1. The van der Waals surface area contributed by atoms with Crippen LogP contribution in [0.3, 0.4) is 0 Å². The van der Waals surface area contributed by atoms with Crippen molar-refractivity contribution >= 4 is 28.6 Å². The summed E-state index contributed by atoms with van der Waals surface area (Å²) >= 11 is 1.61. The minimum absolute atomic E-state index is 0.0447. The molecule has 6 nitrogen and oxygen atoms in total. The van der Waals surface area contributed by atoms with Crippen LogP contribution < -0.4 is 4.90 Å². The summed E-state index contributed by atoms with van der Waals surface area (Å²) in [5.74, 6) is 1.29. The highest BCUT2D eigenvalue weighted by Crippen LogP contribution is 2.26. The number of halogens is 1. The summed E-state index contributed by atoms with van der Waals surface area (Å²) in [6, 6.07) is 11.7. The zero-order valence-corrected chi connectivity index (χ0v) is 16.3. The van der Waals surface area contributed by atoms with Gasteiger partial charge in [0.1, 0.15) is 11.6 Å². The summed E-state index contributed by atoms with van der Waals surface area (Å²) in [4.78, 5) is 14.9. The van der Waals surface area contributed by atoms with E-state index in [1.165, 1.54) is 12.1 Å². The van der Waals surface area contributed by atoms with Crippen LogP contribution in [0.1, 0.15) is 23.2 Å². The first kappa shape index (κ1) is 17.9. The number of piperidine rings is 1. The van der Waals surface area contributed by atoms with Crippen LogP contribution in [-0.2, 0) is 0 Å². The Kier molecular flexibility index (Phi) is 4.55. The van der Waals surface area contributed by atoms with Crippen LogP contribution in [0.4, 0.5) is 10.2 Å². The van der Waals surface area contributed by atoms with Crippen molar-refractivity contribution in [3.05, 3.63) is 64.6 Å². The molecule has 0 amide bonds. The van der Waals surface area contributed by atoms with Crippen LogP contribution >= 0.6 is 11.3 Å². The molecule has 0 radical (unpaired) electrons. The van der Waals surface area contributed by atoms with E-state index < -0.39 is 0 Å². The van der Waals surface area contributed by atoms with Gasteiger partial charge in [-0.15, -0.1) is 15.3 Å². The second kappa shape index (κ2) is 7.36. The van der Waals surface area contributed by atoms with Crippen molar-refractivity contribution < 1.29 is 9.18 Å². The number of Topliss-reactive ketones (excluding diaryl/α,β-unsaturated/α-hetero) is 1. The van der Waals surface area contributed by atoms with Crippen molar-refractivity contribution in [3.63, 3.8) is 0 Å². The van der Waals surface area contributed by atoms with Crippen LogP contribution in [0.2, 0.25) is 0 Å². The largest absolute Gasteiger partial charge is 0.355 e. The normalized spacial score (nSPS) is 15.1. The predicted molar refractivity (Wildman–Crippen MR) is 110 cm³/mol. The molecular formula is C21H18FN5OS. The number of rotatable bonds is 4. The average molecular weight is 407 g/mol. The molecule has 0 saturated carbocycles. The van der Waals surface area contributed by atoms with E-state index in [0.717, 1.165) is 43.1 Å². The van der Waals surface area contributed by atoms with Crippen LogP contribution in [-0.4, -0.2) is 38.7 Å². The molecule has 29 heavy (non-hydrogen) atoms. The molecule has 1 aliphatic heterocycles. The van der Waals surface area contributed by atoms with E-state index in [1.54, 1.807) is 28.0 Å². The molecule has 0 unspecified atom stereocenters. The van der Waals surface area contributed by atoms with Crippen LogP contribution in [0.15, 0.2) is 53.2 Å². The molecule has 4 heterocycles. The third kappa shape index (κ3) is 3.40. The second-order valence-electron chi connectivity index (χ2n) is 7.13. The first-order chi connectivity index (χ1) is 14.2. The van der Waals surface area contributed by atoms with Crippen molar-refractivity contribution in [3.8, 4) is 11.4 Å². The third-order valence-corrected chi connectivity index (χ3v) is 6.03. The molecule has 146 valence electrons. The van der Waals surface area contributed by atoms with E-state index in [0.29, 0.717) is 11.2 Å². The van der Waals surface area contributed by atoms with Gasteiger partial charge in [0.15, 0.2) is 17.3 Å². The topological polar surface area (TPSA) is 63.4 Å². The Labute approximate surface area is 170 Å². The quantitative estimate of drug-likeness (QED) is 0.477. The fourth-order valence-electron chi connectivity index (χ4n) is 3.74. The maximum Gasteiger partial charge on any atom is 0.186 e. The molecule has 0 N–H and O–H groups in total. The van der Waals surface area contributed by atoms with Crippen molar-refractivity contribution in [1.82, 2.24) is 19.8 Å². The van der Waals surface area contributed by atoms with Gasteiger partial charge in [-0.1, -0.05) is 0 Å². The Balaban J connectivity index is 1.33. The Morgan fingerprint density at radius 2 is 1.83 bits per heavy atom. The first-order valence-electron chi connectivity index (χ1n) is 9.49. The number of anilines is 1. The lowest BCUT2D eigenvalue weighted by atomic mass is 9.89. The highest BCUT2D eigenvalue weighted by molar-refractivity contribution is 7.08. The van der Waals surface area contributed by atoms with E-state index in [2.05, 4.69) is 15.1 Å². The standard InChI is InChI=1S/C21H18FN5OS/c22-17-3-1-14(2-4-17)20(28)15-7-10-26(11-8-15)19-6-5-18-23-24-21(27(18)25-19)16-9-12-29-13-16/h1-6,9,12-13,15H,7-8,10-11H2. The zero-order valence-electron chi connectivity index (χ0n) is 15.5. The van der Waals surface area contributed by atoms with Gasteiger partial charge in [0.05, 0.1) is 0 Å². The van der Waals surface area contributed by atoms with Gasteiger partial charge >= 0.3 is 0 Å². The van der Waals surface area contributed by atoms with E-state index >= 15 is 0 Å². The molecule has 0 aliphatic carbocycles.